The van der Waals surface area contributed by atoms with E-state index in [4.69, 9.17) is 23.2 Å². The van der Waals surface area contributed by atoms with Gasteiger partial charge in [0.25, 0.3) is 0 Å². The van der Waals surface area contributed by atoms with E-state index in [0.29, 0.717) is 28.5 Å². The van der Waals surface area contributed by atoms with Gasteiger partial charge in [0.15, 0.2) is 16.6 Å². The highest BCUT2D eigenvalue weighted by Gasteiger charge is 2.30. The van der Waals surface area contributed by atoms with Crippen LogP contribution in [0.25, 0.3) is 11.5 Å². The molecule has 5 rings (SSSR count). The molecule has 3 N–H and O–H groups in total. The van der Waals surface area contributed by atoms with Crippen molar-refractivity contribution in [3.05, 3.63) is 52.8 Å². The minimum atomic E-state index is -1.01. The van der Waals surface area contributed by atoms with Crippen LogP contribution in [-0.2, 0) is 0 Å². The lowest BCUT2D eigenvalue weighted by atomic mass is 10.1. The quantitative estimate of drug-likeness (QED) is 0.412. The molecule has 5 heterocycles. The molecular formula is C18H15Cl2FN10O. The Hall–Kier alpha value is -3.35. The maximum absolute atomic E-state index is 13.9. The van der Waals surface area contributed by atoms with Gasteiger partial charge in [-0.1, -0.05) is 23.2 Å². The molecule has 4 aromatic rings. The van der Waals surface area contributed by atoms with E-state index in [9.17, 15) is 9.18 Å². The number of carbonyl (C=O) groups excluding carboxylic acids is 1. The number of anilines is 2. The maximum atomic E-state index is 13.9. The molecule has 4 aromatic heterocycles. The predicted molar refractivity (Wildman–Crippen MR) is 115 cm³/mol. The van der Waals surface area contributed by atoms with Crippen LogP contribution in [-0.4, -0.2) is 53.3 Å². The Kier molecular flexibility index (Phi) is 5.33. The number of nitrogens with zero attached hydrogens (tertiary/aromatic N) is 7. The largest absolute Gasteiger partial charge is 0.323 e. The average molecular weight is 477 g/mol. The summed E-state index contributed by atoms with van der Waals surface area (Å²) in [5.41, 5.74) is 1.74. The van der Waals surface area contributed by atoms with Gasteiger partial charge in [0.2, 0.25) is 0 Å². The molecule has 0 aromatic carbocycles. The number of aromatic nitrogens is 7. The summed E-state index contributed by atoms with van der Waals surface area (Å²) in [6, 6.07) is 2.16. The molecule has 14 heteroatoms. The van der Waals surface area contributed by atoms with Gasteiger partial charge >= 0.3 is 6.03 Å². The normalized spacial score (nSPS) is 18.2. The zero-order chi connectivity index (χ0) is 22.2. The molecule has 2 atom stereocenters. The number of hydrogen-bond acceptors (Lipinski definition) is 7. The third-order valence-electron chi connectivity index (χ3n) is 4.83. The Bertz CT molecular complexity index is 1290. The second kappa shape index (κ2) is 8.30. The first-order valence-electron chi connectivity index (χ1n) is 9.50. The van der Waals surface area contributed by atoms with Gasteiger partial charge in [-0.3, -0.25) is 0 Å². The molecule has 0 bridgehead atoms. The van der Waals surface area contributed by atoms with Crippen molar-refractivity contribution >= 4 is 46.3 Å². The van der Waals surface area contributed by atoms with E-state index in [-0.39, 0.29) is 29.2 Å². The lowest BCUT2D eigenvalue weighted by Gasteiger charge is -2.17. The van der Waals surface area contributed by atoms with Crippen molar-refractivity contribution in [1.29, 1.82) is 0 Å². The molecule has 1 saturated heterocycles. The van der Waals surface area contributed by atoms with Gasteiger partial charge in [-0.05, 0) is 6.07 Å². The van der Waals surface area contributed by atoms with Crippen LogP contribution in [0.15, 0.2) is 36.9 Å². The van der Waals surface area contributed by atoms with Crippen molar-refractivity contribution in [2.24, 2.45) is 0 Å². The van der Waals surface area contributed by atoms with Gasteiger partial charge in [-0.15, -0.1) is 4.80 Å². The Morgan fingerprint density at radius 3 is 2.69 bits per heavy atom. The van der Waals surface area contributed by atoms with E-state index in [1.165, 1.54) is 40.2 Å². The van der Waals surface area contributed by atoms with E-state index in [1.54, 1.807) is 6.07 Å². The van der Waals surface area contributed by atoms with Gasteiger partial charge in [0.1, 0.15) is 6.17 Å². The first kappa shape index (κ1) is 20.5. The van der Waals surface area contributed by atoms with Crippen LogP contribution in [0.4, 0.5) is 20.6 Å². The van der Waals surface area contributed by atoms with Crippen LogP contribution in [0, 0.1) is 0 Å². The van der Waals surface area contributed by atoms with E-state index in [1.807, 2.05) is 0 Å². The highest BCUT2D eigenvalue weighted by molar-refractivity contribution is 6.32. The number of nitrogens with one attached hydrogen (secondary N) is 3. The summed E-state index contributed by atoms with van der Waals surface area (Å²) >= 11 is 12.3. The second-order valence-corrected chi connectivity index (χ2v) is 7.81. The fourth-order valence-electron chi connectivity index (χ4n) is 3.51. The molecule has 0 radical (unpaired) electrons. The fraction of sp³-hybridized carbons (Fsp3) is 0.222. The number of halogens is 3. The number of hydrogen-bond donors (Lipinski definition) is 3. The van der Waals surface area contributed by atoms with Crippen molar-refractivity contribution in [3.63, 3.8) is 0 Å². The summed E-state index contributed by atoms with van der Waals surface area (Å²) in [7, 11) is 0. The first-order valence-corrected chi connectivity index (χ1v) is 10.3. The monoisotopic (exact) mass is 476 g/mol. The predicted octanol–water partition coefficient (Wildman–Crippen LogP) is 3.03. The maximum Gasteiger partial charge on any atom is 0.323 e. The highest BCUT2D eigenvalue weighted by Crippen LogP contribution is 2.31. The van der Waals surface area contributed by atoms with Gasteiger partial charge in [-0.25, -0.2) is 23.7 Å². The number of amides is 2. The van der Waals surface area contributed by atoms with E-state index >= 15 is 0 Å². The number of rotatable bonds is 4. The summed E-state index contributed by atoms with van der Waals surface area (Å²) in [5, 5.41) is 21.1. The first-order chi connectivity index (χ1) is 15.5. The Labute approximate surface area is 189 Å². The third kappa shape index (κ3) is 3.95. The molecule has 11 nitrogen and oxygen atoms in total. The van der Waals surface area contributed by atoms with Crippen LogP contribution >= 0.6 is 23.2 Å². The van der Waals surface area contributed by atoms with Crippen LogP contribution in [0.5, 0.6) is 0 Å². The van der Waals surface area contributed by atoms with E-state index < -0.39 is 12.2 Å². The summed E-state index contributed by atoms with van der Waals surface area (Å²) in [4.78, 5) is 22.4. The van der Waals surface area contributed by atoms with Gasteiger partial charge in [0, 0.05) is 19.0 Å². The molecular weight excluding hydrogens is 462 g/mol. The molecule has 0 spiro atoms. The standard InChI is InChI=1S/C18H15Cl2FN10O/c19-11-4-10(7-24-17(11)31-25-1-2-26-31)27-18(32)28-13-8-23-15-5-14(20)29-30(15)16(13)12-3-9(21)6-22-12/h1-2,4-5,7-9,12,22H,3,6H2,(H2,27,28,32)/t9-,12?/m1/s1. The van der Waals surface area contributed by atoms with Gasteiger partial charge in [-0.2, -0.15) is 15.3 Å². The fourth-order valence-corrected chi connectivity index (χ4v) is 3.93. The van der Waals surface area contributed by atoms with Crippen LogP contribution in [0.1, 0.15) is 18.2 Å². The van der Waals surface area contributed by atoms with Crippen LogP contribution < -0.4 is 16.0 Å². The topological polar surface area (TPSA) is 127 Å². The summed E-state index contributed by atoms with van der Waals surface area (Å²) in [5.74, 6) is 0.322. The van der Waals surface area contributed by atoms with Gasteiger partial charge in [0.05, 0.1) is 52.9 Å². The Morgan fingerprint density at radius 1 is 1.16 bits per heavy atom. The number of urea groups is 1. The molecule has 1 aliphatic heterocycles. The molecule has 1 unspecified atom stereocenters. The zero-order valence-electron chi connectivity index (χ0n) is 16.2. The van der Waals surface area contributed by atoms with Crippen molar-refractivity contribution in [1.82, 2.24) is 39.9 Å². The average Bonchev–Trinajstić information content (AvgIpc) is 3.49. The number of carbonyl (C=O) groups is 1. The number of fused-ring (bicyclic) bond motifs is 1. The molecule has 0 aliphatic carbocycles. The molecule has 1 aliphatic rings. The molecule has 2 amide bonds. The highest BCUT2D eigenvalue weighted by atomic mass is 35.5. The Balaban J connectivity index is 1.40. The van der Waals surface area contributed by atoms with E-state index in [2.05, 4.69) is 41.2 Å². The molecule has 164 valence electrons. The summed E-state index contributed by atoms with van der Waals surface area (Å²) < 4.78 is 15.4. The number of pyridine rings is 1. The minimum absolute atomic E-state index is 0.205. The lowest BCUT2D eigenvalue weighted by molar-refractivity contribution is 0.262. The lowest BCUT2D eigenvalue weighted by Crippen LogP contribution is -2.24. The zero-order valence-corrected chi connectivity index (χ0v) is 17.7. The molecule has 0 saturated carbocycles. The number of alkyl halides is 1. The minimum Gasteiger partial charge on any atom is -0.306 e. The van der Waals surface area contributed by atoms with Crippen molar-refractivity contribution in [3.8, 4) is 5.82 Å². The molecule has 32 heavy (non-hydrogen) atoms. The van der Waals surface area contributed by atoms with Crippen LogP contribution in [0.2, 0.25) is 10.2 Å². The SMILES string of the molecule is O=C(Nc1cnc(-n2nccn2)c(Cl)c1)Nc1cnc2cc(Cl)nn2c1C1C[C@@H](F)CN1. The van der Waals surface area contributed by atoms with Crippen molar-refractivity contribution < 1.29 is 9.18 Å². The Morgan fingerprint density at radius 2 is 1.97 bits per heavy atom. The third-order valence-corrected chi connectivity index (χ3v) is 5.30. The van der Waals surface area contributed by atoms with Gasteiger partial charge < -0.3 is 16.0 Å². The summed E-state index contributed by atoms with van der Waals surface area (Å²) in [6.07, 6.45) is 5.12. The second-order valence-electron chi connectivity index (χ2n) is 7.02. The van der Waals surface area contributed by atoms with Crippen LogP contribution in [0.3, 0.4) is 0 Å². The van der Waals surface area contributed by atoms with Crippen molar-refractivity contribution in [2.45, 2.75) is 18.6 Å². The smallest absolute Gasteiger partial charge is 0.306 e. The summed E-state index contributed by atoms with van der Waals surface area (Å²) in [6.45, 7) is 0.205. The molecule has 1 fully saturated rings. The van der Waals surface area contributed by atoms with E-state index in [0.717, 1.165) is 0 Å². The van der Waals surface area contributed by atoms with Crippen molar-refractivity contribution in [2.75, 3.05) is 17.2 Å².